The lowest BCUT2D eigenvalue weighted by atomic mass is 9.86. The first kappa shape index (κ1) is 23.5. The van der Waals surface area contributed by atoms with Gasteiger partial charge >= 0.3 is 0 Å². The molecule has 0 bridgehead atoms. The summed E-state index contributed by atoms with van der Waals surface area (Å²) >= 11 is 0. The molecule has 0 saturated carbocycles. The maximum atomic E-state index is 12.7. The predicted octanol–water partition coefficient (Wildman–Crippen LogP) is 4.05. The Morgan fingerprint density at radius 1 is 1.14 bits per heavy atom. The molecule has 0 atom stereocenters. The fourth-order valence-corrected chi connectivity index (χ4v) is 4.89. The number of hydrogen-bond donors (Lipinski definition) is 1. The van der Waals surface area contributed by atoms with Crippen molar-refractivity contribution in [1.29, 1.82) is 0 Å². The number of pyridine rings is 1. The second-order valence-corrected chi connectivity index (χ2v) is 8.96. The zero-order chi connectivity index (χ0) is 25.2. The third-order valence-corrected chi connectivity index (χ3v) is 6.72. The van der Waals surface area contributed by atoms with Crippen LogP contribution in [0.2, 0.25) is 0 Å². The van der Waals surface area contributed by atoms with Gasteiger partial charge in [-0.05, 0) is 66.6 Å². The monoisotopic (exact) mass is 483 g/mol. The molecule has 1 radical (unpaired) electrons. The van der Waals surface area contributed by atoms with Gasteiger partial charge in [0.1, 0.15) is 5.82 Å². The van der Waals surface area contributed by atoms with Crippen molar-refractivity contribution < 1.29 is 14.3 Å². The van der Waals surface area contributed by atoms with E-state index in [0.29, 0.717) is 40.1 Å². The summed E-state index contributed by atoms with van der Waals surface area (Å²) in [7, 11) is 1.53. The molecular weight excluding hydrogens is 456 g/mol. The van der Waals surface area contributed by atoms with Gasteiger partial charge < -0.3 is 15.0 Å². The summed E-state index contributed by atoms with van der Waals surface area (Å²) in [6.45, 7) is 5.29. The number of benzene rings is 1. The molecule has 9 heteroatoms. The van der Waals surface area contributed by atoms with Gasteiger partial charge in [-0.1, -0.05) is 6.07 Å². The first-order chi connectivity index (χ1) is 17.4. The Kier molecular flexibility index (Phi) is 6.37. The van der Waals surface area contributed by atoms with Crippen molar-refractivity contribution in [1.82, 2.24) is 25.2 Å². The Labute approximate surface area is 209 Å². The number of rotatable bonds is 5. The fraction of sp³-hybridized carbons (Fsp3) is 0.296. The Bertz CT molecular complexity index is 1360. The van der Waals surface area contributed by atoms with Crippen LogP contribution in [-0.2, 0) is 4.79 Å². The number of anilines is 2. The minimum Gasteiger partial charge on any atom is -0.479 e. The van der Waals surface area contributed by atoms with Crippen molar-refractivity contribution in [3.8, 4) is 17.3 Å². The number of piperidine rings is 1. The van der Waals surface area contributed by atoms with Crippen LogP contribution >= 0.6 is 0 Å². The second kappa shape index (κ2) is 9.77. The van der Waals surface area contributed by atoms with E-state index in [1.807, 2.05) is 11.0 Å². The predicted molar refractivity (Wildman–Crippen MR) is 136 cm³/mol. The van der Waals surface area contributed by atoms with Crippen LogP contribution in [-0.4, -0.2) is 51.9 Å². The van der Waals surface area contributed by atoms with E-state index in [1.54, 1.807) is 31.5 Å². The first-order valence-electron chi connectivity index (χ1n) is 11.9. The lowest BCUT2D eigenvalue weighted by Gasteiger charge is -2.32. The first-order valence-corrected chi connectivity index (χ1v) is 11.9. The van der Waals surface area contributed by atoms with Crippen molar-refractivity contribution in [2.24, 2.45) is 0 Å². The molecule has 2 aliphatic rings. The van der Waals surface area contributed by atoms with Crippen molar-refractivity contribution in [3.63, 3.8) is 0 Å². The van der Waals surface area contributed by atoms with Crippen LogP contribution in [0.1, 0.15) is 52.7 Å². The Morgan fingerprint density at radius 2 is 1.92 bits per heavy atom. The summed E-state index contributed by atoms with van der Waals surface area (Å²) in [6.07, 6.45) is 8.29. The molecular formula is C27H27N6O3. The number of aromatic nitrogens is 3. The molecule has 2 aliphatic heterocycles. The van der Waals surface area contributed by atoms with Gasteiger partial charge in [-0.3, -0.25) is 9.59 Å². The molecule has 2 amide bonds. The molecule has 0 unspecified atom stereocenters. The molecule has 0 spiro atoms. The highest BCUT2D eigenvalue weighted by Crippen LogP contribution is 2.35. The van der Waals surface area contributed by atoms with Gasteiger partial charge in [0, 0.05) is 44.3 Å². The highest BCUT2D eigenvalue weighted by atomic mass is 16.5. The van der Waals surface area contributed by atoms with Crippen molar-refractivity contribution in [2.75, 3.05) is 25.5 Å². The van der Waals surface area contributed by atoms with E-state index in [1.165, 1.54) is 18.9 Å². The highest BCUT2D eigenvalue weighted by Gasteiger charge is 2.25. The number of ether oxygens (including phenoxy) is 1. The summed E-state index contributed by atoms with van der Waals surface area (Å²) in [4.78, 5) is 39.6. The van der Waals surface area contributed by atoms with Crippen LogP contribution in [0.5, 0.6) is 5.88 Å². The standard InChI is InChI=1S/C27H27N6O3/c1-16-14-20(4-5-21(16)18-7-12-33(13-8-18)17(2)34)31-25-23-19(6-9-29-26(23)35)15-22(32-25)24-27(36-3)30-11-10-28-24/h4-6,9-11,14-15,18H,7-8,12-13H2,1-3H3,(H,31,32). The summed E-state index contributed by atoms with van der Waals surface area (Å²) in [6, 6.07) is 7.98. The number of likely N-dealkylation sites (tertiary alicyclic amines) is 1. The van der Waals surface area contributed by atoms with Gasteiger partial charge in [-0.2, -0.15) is 0 Å². The van der Waals surface area contributed by atoms with E-state index in [0.717, 1.165) is 37.2 Å². The van der Waals surface area contributed by atoms with E-state index in [-0.39, 0.29) is 11.8 Å². The molecule has 1 saturated heterocycles. The lowest BCUT2D eigenvalue weighted by Crippen LogP contribution is -2.36. The van der Waals surface area contributed by atoms with E-state index in [2.05, 4.69) is 39.7 Å². The van der Waals surface area contributed by atoms with Crippen molar-refractivity contribution in [2.45, 2.75) is 32.6 Å². The van der Waals surface area contributed by atoms with Crippen LogP contribution in [0.3, 0.4) is 0 Å². The largest absolute Gasteiger partial charge is 0.479 e. The van der Waals surface area contributed by atoms with Gasteiger partial charge in [-0.25, -0.2) is 20.3 Å². The molecule has 0 aliphatic carbocycles. The third kappa shape index (κ3) is 4.51. The van der Waals surface area contributed by atoms with Gasteiger partial charge in [-0.15, -0.1) is 0 Å². The summed E-state index contributed by atoms with van der Waals surface area (Å²) in [5.41, 5.74) is 5.37. The molecule has 5 rings (SSSR count). The van der Waals surface area contributed by atoms with Crippen molar-refractivity contribution >= 4 is 29.4 Å². The molecule has 183 valence electrons. The molecule has 9 nitrogen and oxygen atoms in total. The number of fused-ring (bicyclic) bond motifs is 1. The molecule has 1 fully saturated rings. The van der Waals surface area contributed by atoms with Crippen LogP contribution in [0.25, 0.3) is 17.5 Å². The van der Waals surface area contributed by atoms with Crippen LogP contribution < -0.4 is 15.4 Å². The number of amides is 2. The number of carbonyl (C=O) groups excluding carboxylic acids is 2. The van der Waals surface area contributed by atoms with Gasteiger partial charge in [0.05, 0.1) is 18.4 Å². The van der Waals surface area contributed by atoms with Crippen LogP contribution in [0, 0.1) is 6.92 Å². The molecule has 3 aromatic rings. The van der Waals surface area contributed by atoms with Gasteiger partial charge in [0.25, 0.3) is 5.91 Å². The Morgan fingerprint density at radius 3 is 2.64 bits per heavy atom. The van der Waals surface area contributed by atoms with Crippen LogP contribution in [0.4, 0.5) is 11.5 Å². The van der Waals surface area contributed by atoms with E-state index >= 15 is 0 Å². The zero-order valence-electron chi connectivity index (χ0n) is 20.5. The topological polar surface area (TPSA) is 111 Å². The SMILES string of the molecule is COc1nccnc1-c1cc2c(c(Nc3ccc(C4CCN(C(C)=O)CC4)c(C)c3)n1)C(=O)[N]C=C2. The summed E-state index contributed by atoms with van der Waals surface area (Å²) in [5.74, 6) is 0.945. The minimum absolute atomic E-state index is 0.137. The number of aryl methyl sites for hydroxylation is 1. The molecule has 1 N–H and O–H groups in total. The van der Waals surface area contributed by atoms with Gasteiger partial charge in [0.15, 0.2) is 5.69 Å². The van der Waals surface area contributed by atoms with E-state index in [4.69, 9.17) is 9.72 Å². The maximum Gasteiger partial charge on any atom is 0.281 e. The summed E-state index contributed by atoms with van der Waals surface area (Å²) in [5, 5.41) is 7.28. The van der Waals surface area contributed by atoms with Gasteiger partial charge in [0.2, 0.25) is 11.8 Å². The van der Waals surface area contributed by atoms with Crippen molar-refractivity contribution in [3.05, 3.63) is 65.1 Å². The second-order valence-electron chi connectivity index (χ2n) is 8.96. The quantitative estimate of drug-likeness (QED) is 0.583. The third-order valence-electron chi connectivity index (χ3n) is 6.72. The Balaban J connectivity index is 1.47. The number of carbonyl (C=O) groups is 2. The average molecular weight is 484 g/mol. The number of methoxy groups -OCH3 is 1. The normalized spacial score (nSPS) is 15.3. The highest BCUT2D eigenvalue weighted by molar-refractivity contribution is 6.05. The fourth-order valence-electron chi connectivity index (χ4n) is 4.89. The number of nitrogens with one attached hydrogen (secondary N) is 1. The number of nitrogens with zero attached hydrogens (tertiary/aromatic N) is 5. The molecule has 36 heavy (non-hydrogen) atoms. The number of hydrogen-bond acceptors (Lipinski definition) is 7. The zero-order valence-corrected chi connectivity index (χ0v) is 20.5. The smallest absolute Gasteiger partial charge is 0.281 e. The van der Waals surface area contributed by atoms with E-state index < -0.39 is 0 Å². The Hall–Kier alpha value is -4.27. The maximum absolute atomic E-state index is 12.7. The van der Waals surface area contributed by atoms with E-state index in [9.17, 15) is 9.59 Å². The molecule has 4 heterocycles. The lowest BCUT2D eigenvalue weighted by molar-refractivity contribution is -0.129. The molecule has 2 aromatic heterocycles. The average Bonchev–Trinajstić information content (AvgIpc) is 2.88. The summed E-state index contributed by atoms with van der Waals surface area (Å²) < 4.78 is 5.37. The molecule has 1 aromatic carbocycles. The minimum atomic E-state index is -0.356. The van der Waals surface area contributed by atoms with Crippen LogP contribution in [0.15, 0.2) is 42.9 Å².